The minimum atomic E-state index is -0.865. The fourth-order valence-electron chi connectivity index (χ4n) is 4.36. The Morgan fingerprint density at radius 2 is 2.12 bits per heavy atom. The first-order valence-corrected chi connectivity index (χ1v) is 11.7. The number of aliphatic imine (C=N–C) groups is 1. The highest BCUT2D eigenvalue weighted by Gasteiger charge is 2.66. The predicted octanol–water partition coefficient (Wildman–Crippen LogP) is 4.18. The van der Waals surface area contributed by atoms with Gasteiger partial charge >= 0.3 is 0 Å². The van der Waals surface area contributed by atoms with Gasteiger partial charge in [0.25, 0.3) is 0 Å². The van der Waals surface area contributed by atoms with Gasteiger partial charge in [0, 0.05) is 25.7 Å². The van der Waals surface area contributed by atoms with Gasteiger partial charge in [0.1, 0.15) is 18.1 Å². The predicted molar refractivity (Wildman–Crippen MR) is 129 cm³/mol. The van der Waals surface area contributed by atoms with Crippen LogP contribution in [0.25, 0.3) is 11.9 Å². The van der Waals surface area contributed by atoms with E-state index in [-0.39, 0.29) is 28.3 Å². The molecule has 0 saturated heterocycles. The van der Waals surface area contributed by atoms with Crippen LogP contribution >= 0.6 is 11.8 Å². The largest absolute Gasteiger partial charge is 0.474 e. The number of methoxy groups -OCH3 is 2. The minimum Gasteiger partial charge on any atom is -0.474 e. The van der Waals surface area contributed by atoms with Crippen molar-refractivity contribution in [2.24, 2.45) is 16.6 Å². The van der Waals surface area contributed by atoms with Crippen molar-refractivity contribution < 1.29 is 23.0 Å². The molecule has 0 spiro atoms. The van der Waals surface area contributed by atoms with Gasteiger partial charge in [0.2, 0.25) is 5.88 Å². The first-order valence-electron chi connectivity index (χ1n) is 10.9. The van der Waals surface area contributed by atoms with Gasteiger partial charge in [-0.15, -0.1) is 0 Å². The molecule has 7 nitrogen and oxygen atoms in total. The zero-order chi connectivity index (χ0) is 24.5. The lowest BCUT2D eigenvalue weighted by atomic mass is 9.85. The van der Waals surface area contributed by atoms with Crippen LogP contribution in [0.15, 0.2) is 35.6 Å². The second-order valence-electron chi connectivity index (χ2n) is 8.78. The number of ether oxygens (including phenoxy) is 3. The van der Waals surface area contributed by atoms with Crippen molar-refractivity contribution in [1.82, 2.24) is 9.97 Å². The van der Waals surface area contributed by atoms with Crippen LogP contribution in [0.4, 0.5) is 8.78 Å². The maximum Gasteiger partial charge on any atom is 0.232 e. The Kier molecular flexibility index (Phi) is 6.93. The average molecular weight is 491 g/mol. The molecule has 0 unspecified atom stereocenters. The van der Waals surface area contributed by atoms with E-state index >= 15 is 0 Å². The molecule has 10 heteroatoms. The third-order valence-corrected chi connectivity index (χ3v) is 7.59. The number of halogens is 2. The molecule has 2 aliphatic rings. The Morgan fingerprint density at radius 1 is 1.32 bits per heavy atom. The fourth-order valence-corrected chi connectivity index (χ4v) is 5.81. The summed E-state index contributed by atoms with van der Waals surface area (Å²) in [6.07, 6.45) is 4.64. The first kappa shape index (κ1) is 24.6. The minimum absolute atomic E-state index is 0.0434. The molecule has 4 rings (SSSR count). The number of thioether (sulfide) groups is 1. The van der Waals surface area contributed by atoms with Gasteiger partial charge in [0.05, 0.1) is 35.4 Å². The third kappa shape index (κ3) is 4.80. The van der Waals surface area contributed by atoms with E-state index in [1.807, 2.05) is 13.8 Å². The molecule has 4 atom stereocenters. The Bertz CT molecular complexity index is 1110. The quantitative estimate of drug-likeness (QED) is 0.564. The van der Waals surface area contributed by atoms with Crippen molar-refractivity contribution in [3.63, 3.8) is 0 Å². The van der Waals surface area contributed by atoms with Crippen LogP contribution in [0.3, 0.4) is 0 Å². The topological polar surface area (TPSA) is 91.8 Å². The molecular weight excluding hydrogens is 462 g/mol. The van der Waals surface area contributed by atoms with E-state index in [1.54, 1.807) is 20.3 Å². The second-order valence-corrected chi connectivity index (χ2v) is 10.2. The van der Waals surface area contributed by atoms with E-state index in [2.05, 4.69) is 15.0 Å². The maximum atomic E-state index is 15.0. The van der Waals surface area contributed by atoms with Crippen molar-refractivity contribution in [2.75, 3.05) is 27.4 Å². The highest BCUT2D eigenvalue weighted by molar-refractivity contribution is 8.15. The lowest BCUT2D eigenvalue weighted by Gasteiger charge is -2.34. The monoisotopic (exact) mass is 490 g/mol. The van der Waals surface area contributed by atoms with Crippen LogP contribution in [0, 0.1) is 11.7 Å². The summed E-state index contributed by atoms with van der Waals surface area (Å²) in [6, 6.07) is 4.46. The van der Waals surface area contributed by atoms with Gasteiger partial charge < -0.3 is 19.9 Å². The second kappa shape index (κ2) is 9.59. The molecule has 0 amide bonds. The third-order valence-electron chi connectivity index (χ3n) is 6.31. The summed E-state index contributed by atoms with van der Waals surface area (Å²) in [5.74, 6) is -0.676. The van der Waals surface area contributed by atoms with Crippen LogP contribution in [0.5, 0.6) is 5.88 Å². The van der Waals surface area contributed by atoms with Gasteiger partial charge in [-0.05, 0) is 44.0 Å². The van der Waals surface area contributed by atoms with Gasteiger partial charge in [-0.2, -0.15) is 0 Å². The molecular formula is C24H28F2N4O3S. The van der Waals surface area contributed by atoms with E-state index in [9.17, 15) is 8.78 Å². The van der Waals surface area contributed by atoms with Crippen molar-refractivity contribution in [3.8, 4) is 5.88 Å². The van der Waals surface area contributed by atoms with Crippen molar-refractivity contribution in [3.05, 3.63) is 53.2 Å². The van der Waals surface area contributed by atoms with Crippen LogP contribution in [-0.4, -0.2) is 53.4 Å². The number of rotatable bonds is 9. The molecule has 1 aromatic carbocycles. The standard InChI is InChI=1S/C24H28F2N4O3S/c1-14(32-4)12-33-21-11-28-19(10-29-21)18(26)8-15-5-6-17(25)16(7-15)23(2)20-9-24(20,13-31-3)34-22(27)30-23/h5-8,10-11,14,20H,9,12-13H2,1-4H3,(H2,27,30)/b18-8-/t14-,20-,23+,24+/m0/s1. The lowest BCUT2D eigenvalue weighted by Crippen LogP contribution is -2.37. The number of aromatic nitrogens is 2. The Balaban J connectivity index is 1.57. The molecule has 2 heterocycles. The zero-order valence-corrected chi connectivity index (χ0v) is 20.4. The normalized spacial score (nSPS) is 27.1. The number of nitrogens with two attached hydrogens (primary N) is 1. The Morgan fingerprint density at radius 3 is 2.79 bits per heavy atom. The van der Waals surface area contributed by atoms with E-state index in [0.29, 0.717) is 29.5 Å². The Hall–Kier alpha value is -2.56. The van der Waals surface area contributed by atoms with E-state index in [4.69, 9.17) is 19.9 Å². The van der Waals surface area contributed by atoms with Gasteiger partial charge in [0.15, 0.2) is 11.0 Å². The zero-order valence-electron chi connectivity index (χ0n) is 19.5. The van der Waals surface area contributed by atoms with E-state index in [0.717, 1.165) is 6.42 Å². The molecule has 1 aliphatic heterocycles. The molecule has 34 heavy (non-hydrogen) atoms. The molecule has 0 bridgehead atoms. The number of fused-ring (bicyclic) bond motifs is 1. The number of hydrogen-bond acceptors (Lipinski definition) is 8. The fraction of sp³-hybridized carbons (Fsp3) is 0.458. The summed E-state index contributed by atoms with van der Waals surface area (Å²) in [7, 11) is 3.22. The molecule has 182 valence electrons. The summed E-state index contributed by atoms with van der Waals surface area (Å²) in [5, 5.41) is 0.400. The summed E-state index contributed by atoms with van der Waals surface area (Å²) in [4.78, 5) is 12.8. The molecule has 1 fully saturated rings. The van der Waals surface area contributed by atoms with Crippen molar-refractivity contribution in [1.29, 1.82) is 0 Å². The van der Waals surface area contributed by atoms with Crippen molar-refractivity contribution >= 4 is 28.8 Å². The highest BCUT2D eigenvalue weighted by Crippen LogP contribution is 2.65. The summed E-state index contributed by atoms with van der Waals surface area (Å²) in [6.45, 7) is 4.54. The molecule has 1 saturated carbocycles. The molecule has 1 aliphatic carbocycles. The number of benzene rings is 1. The smallest absolute Gasteiger partial charge is 0.232 e. The summed E-state index contributed by atoms with van der Waals surface area (Å²) < 4.78 is 45.7. The Labute approximate surface area is 201 Å². The number of hydrogen-bond donors (Lipinski definition) is 1. The van der Waals surface area contributed by atoms with Crippen LogP contribution in [0.1, 0.15) is 37.1 Å². The number of nitrogens with zero attached hydrogens (tertiary/aromatic N) is 3. The first-order chi connectivity index (χ1) is 16.2. The lowest BCUT2D eigenvalue weighted by molar-refractivity contribution is 0.0698. The molecule has 0 radical (unpaired) electrons. The maximum absolute atomic E-state index is 15.0. The molecule has 2 N–H and O–H groups in total. The van der Waals surface area contributed by atoms with Crippen molar-refractivity contribution in [2.45, 2.75) is 36.7 Å². The highest BCUT2D eigenvalue weighted by atomic mass is 32.2. The number of amidine groups is 1. The van der Waals surface area contributed by atoms with E-state index < -0.39 is 17.2 Å². The van der Waals surface area contributed by atoms with Crippen LogP contribution in [-0.2, 0) is 15.0 Å². The van der Waals surface area contributed by atoms with E-state index in [1.165, 1.54) is 42.4 Å². The molecule has 2 aromatic rings. The summed E-state index contributed by atoms with van der Waals surface area (Å²) >= 11 is 1.49. The summed E-state index contributed by atoms with van der Waals surface area (Å²) in [5.41, 5.74) is 6.15. The SMILES string of the molecule is COC[C@]12C[C@H]1[C@@](C)(c1cc(/C=C(\F)c3cnc(OC[C@H](C)OC)cn3)ccc1F)N=C(N)S2. The van der Waals surface area contributed by atoms with Crippen LogP contribution < -0.4 is 10.5 Å². The van der Waals surface area contributed by atoms with Gasteiger partial charge in [-0.25, -0.2) is 18.7 Å². The average Bonchev–Trinajstić information content (AvgIpc) is 3.53. The van der Waals surface area contributed by atoms with Gasteiger partial charge in [-0.3, -0.25) is 4.99 Å². The van der Waals surface area contributed by atoms with Gasteiger partial charge in [-0.1, -0.05) is 17.8 Å². The van der Waals surface area contributed by atoms with Crippen LogP contribution in [0.2, 0.25) is 0 Å². The molecule has 1 aromatic heterocycles.